The lowest BCUT2D eigenvalue weighted by atomic mass is 9.96. The molecule has 0 amide bonds. The molecule has 0 aliphatic heterocycles. The number of aromatic nitrogens is 3. The van der Waals surface area contributed by atoms with Gasteiger partial charge in [-0.1, -0.05) is 30.9 Å². The van der Waals surface area contributed by atoms with Gasteiger partial charge in [-0.3, -0.25) is 4.98 Å². The van der Waals surface area contributed by atoms with Gasteiger partial charge in [-0.2, -0.15) is 18.2 Å². The lowest BCUT2D eigenvalue weighted by Gasteiger charge is -2.23. The predicted octanol–water partition coefficient (Wildman–Crippen LogP) is 6.70. The second-order valence-electron chi connectivity index (χ2n) is 7.50. The molecule has 2 aromatic heterocycles. The van der Waals surface area contributed by atoms with Crippen molar-refractivity contribution in [1.29, 1.82) is 0 Å². The molecule has 162 valence electrons. The first-order valence-electron chi connectivity index (χ1n) is 10.1. The lowest BCUT2D eigenvalue weighted by molar-refractivity contribution is -0.137. The Balaban J connectivity index is 1.65. The summed E-state index contributed by atoms with van der Waals surface area (Å²) in [4.78, 5) is 13.3. The fraction of sp³-hybridized carbons (Fsp3) is 0.318. The highest BCUT2D eigenvalue weighted by Crippen LogP contribution is 2.35. The molecule has 1 aliphatic carbocycles. The van der Waals surface area contributed by atoms with E-state index in [4.69, 9.17) is 11.6 Å². The van der Waals surface area contributed by atoms with E-state index in [2.05, 4.69) is 25.6 Å². The third-order valence-corrected chi connectivity index (χ3v) is 5.49. The quantitative estimate of drug-likeness (QED) is 0.455. The van der Waals surface area contributed by atoms with Crippen LogP contribution in [-0.2, 0) is 6.18 Å². The molecular weight excluding hydrogens is 427 g/mol. The molecule has 9 heteroatoms. The molecule has 0 radical (unpaired) electrons. The molecule has 4 rings (SSSR count). The summed E-state index contributed by atoms with van der Waals surface area (Å²) in [6.07, 6.45) is 4.56. The van der Waals surface area contributed by atoms with Crippen molar-refractivity contribution in [3.05, 3.63) is 59.4 Å². The average Bonchev–Trinajstić information content (AvgIpc) is 2.76. The Kier molecular flexibility index (Phi) is 6.27. The van der Waals surface area contributed by atoms with Crippen molar-refractivity contribution in [3.8, 4) is 11.3 Å². The number of alkyl halides is 3. The molecule has 5 nitrogen and oxygen atoms in total. The zero-order chi connectivity index (χ0) is 21.8. The van der Waals surface area contributed by atoms with Gasteiger partial charge in [0.05, 0.1) is 22.0 Å². The summed E-state index contributed by atoms with van der Waals surface area (Å²) in [5, 5.41) is 6.38. The minimum Gasteiger partial charge on any atom is -0.351 e. The van der Waals surface area contributed by atoms with Gasteiger partial charge in [0, 0.05) is 30.1 Å². The monoisotopic (exact) mass is 447 g/mol. The standard InChI is InChI=1S/C22H21ClF3N5/c23-17-11-15(22(24,25)26)8-9-18(17)29-20-12-19(14-5-4-10-27-13-14)30-21(31-20)28-16-6-2-1-3-7-16/h4-5,8-13,16H,1-3,6-7H2,(H2,28,29,30,31). The Bertz CT molecular complexity index is 1040. The highest BCUT2D eigenvalue weighted by molar-refractivity contribution is 6.33. The van der Waals surface area contributed by atoms with Crippen LogP contribution in [0.3, 0.4) is 0 Å². The third kappa shape index (κ3) is 5.44. The molecule has 2 N–H and O–H groups in total. The molecule has 1 saturated carbocycles. The first-order chi connectivity index (χ1) is 14.9. The van der Waals surface area contributed by atoms with Gasteiger partial charge >= 0.3 is 6.18 Å². The van der Waals surface area contributed by atoms with E-state index < -0.39 is 11.7 Å². The Morgan fingerprint density at radius 2 is 1.81 bits per heavy atom. The fourth-order valence-corrected chi connectivity index (χ4v) is 3.83. The van der Waals surface area contributed by atoms with Crippen LogP contribution in [0.25, 0.3) is 11.3 Å². The SMILES string of the molecule is FC(F)(F)c1ccc(Nc2cc(-c3cccnc3)nc(NC3CCCCC3)n2)c(Cl)c1. The van der Waals surface area contributed by atoms with Crippen LogP contribution in [0.1, 0.15) is 37.7 Å². The summed E-state index contributed by atoms with van der Waals surface area (Å²) in [6.45, 7) is 0. The zero-order valence-corrected chi connectivity index (χ0v) is 17.3. The van der Waals surface area contributed by atoms with E-state index in [0.29, 0.717) is 29.2 Å². The Labute approximate surface area is 183 Å². The van der Waals surface area contributed by atoms with Gasteiger partial charge in [0.15, 0.2) is 0 Å². The minimum absolute atomic E-state index is 0.0434. The van der Waals surface area contributed by atoms with Gasteiger partial charge in [0.2, 0.25) is 5.95 Å². The molecule has 0 atom stereocenters. The fourth-order valence-electron chi connectivity index (χ4n) is 3.60. The topological polar surface area (TPSA) is 62.7 Å². The summed E-state index contributed by atoms with van der Waals surface area (Å²) < 4.78 is 38.8. The minimum atomic E-state index is -4.46. The number of rotatable bonds is 5. The third-order valence-electron chi connectivity index (χ3n) is 5.18. The van der Waals surface area contributed by atoms with Gasteiger partial charge in [0.25, 0.3) is 0 Å². The Hall–Kier alpha value is -2.87. The molecule has 3 aromatic rings. The number of hydrogen-bond donors (Lipinski definition) is 2. The number of pyridine rings is 1. The van der Waals surface area contributed by atoms with E-state index in [1.807, 2.05) is 12.1 Å². The molecule has 0 unspecified atom stereocenters. The van der Waals surface area contributed by atoms with Gasteiger partial charge in [-0.25, -0.2) is 4.98 Å². The van der Waals surface area contributed by atoms with E-state index >= 15 is 0 Å². The van der Waals surface area contributed by atoms with Gasteiger partial charge in [-0.15, -0.1) is 0 Å². The Morgan fingerprint density at radius 3 is 2.48 bits per heavy atom. The molecule has 1 aliphatic rings. The molecule has 1 fully saturated rings. The maximum Gasteiger partial charge on any atom is 0.416 e. The average molecular weight is 448 g/mol. The van der Waals surface area contributed by atoms with E-state index in [1.54, 1.807) is 18.5 Å². The summed E-state index contributed by atoms with van der Waals surface area (Å²) in [6, 6.07) is 8.88. The summed E-state index contributed by atoms with van der Waals surface area (Å²) in [5.41, 5.74) is 0.973. The van der Waals surface area contributed by atoms with Gasteiger partial charge < -0.3 is 10.6 Å². The second-order valence-corrected chi connectivity index (χ2v) is 7.91. The summed E-state index contributed by atoms with van der Waals surface area (Å²) in [7, 11) is 0. The largest absolute Gasteiger partial charge is 0.416 e. The lowest BCUT2D eigenvalue weighted by Crippen LogP contribution is -2.23. The van der Waals surface area contributed by atoms with Crippen LogP contribution < -0.4 is 10.6 Å². The number of nitrogens with one attached hydrogen (secondary N) is 2. The van der Waals surface area contributed by atoms with Crippen molar-refractivity contribution >= 4 is 29.1 Å². The Morgan fingerprint density at radius 1 is 1.00 bits per heavy atom. The van der Waals surface area contributed by atoms with Crippen LogP contribution in [0.2, 0.25) is 5.02 Å². The molecule has 0 spiro atoms. The molecule has 0 bridgehead atoms. The summed E-state index contributed by atoms with van der Waals surface area (Å²) in [5.74, 6) is 0.882. The molecule has 31 heavy (non-hydrogen) atoms. The number of benzene rings is 1. The van der Waals surface area contributed by atoms with Crippen molar-refractivity contribution in [3.63, 3.8) is 0 Å². The number of anilines is 3. The highest BCUT2D eigenvalue weighted by atomic mass is 35.5. The molecule has 2 heterocycles. The van der Waals surface area contributed by atoms with Crippen molar-refractivity contribution < 1.29 is 13.2 Å². The second kappa shape index (κ2) is 9.09. The first-order valence-corrected chi connectivity index (χ1v) is 10.5. The normalized spacial score (nSPS) is 15.0. The van der Waals surface area contributed by atoms with Crippen LogP contribution >= 0.6 is 11.6 Å². The van der Waals surface area contributed by atoms with E-state index in [9.17, 15) is 13.2 Å². The van der Waals surface area contributed by atoms with Gasteiger partial charge in [-0.05, 0) is 43.2 Å². The molecule has 0 saturated heterocycles. The maximum absolute atomic E-state index is 12.9. The smallest absolute Gasteiger partial charge is 0.351 e. The van der Waals surface area contributed by atoms with Crippen molar-refractivity contribution in [2.45, 2.75) is 44.3 Å². The van der Waals surface area contributed by atoms with Crippen molar-refractivity contribution in [2.24, 2.45) is 0 Å². The maximum atomic E-state index is 12.9. The van der Waals surface area contributed by atoms with Gasteiger partial charge in [0.1, 0.15) is 5.82 Å². The van der Waals surface area contributed by atoms with E-state index in [-0.39, 0.29) is 5.02 Å². The number of halogens is 4. The number of hydrogen-bond acceptors (Lipinski definition) is 5. The molecular formula is C22H21ClF3N5. The highest BCUT2D eigenvalue weighted by Gasteiger charge is 2.31. The van der Waals surface area contributed by atoms with Crippen LogP contribution in [0.15, 0.2) is 48.8 Å². The zero-order valence-electron chi connectivity index (χ0n) is 16.6. The number of nitrogens with zero attached hydrogens (tertiary/aromatic N) is 3. The van der Waals surface area contributed by atoms with Crippen LogP contribution in [0.4, 0.5) is 30.6 Å². The molecule has 1 aromatic carbocycles. The van der Waals surface area contributed by atoms with Crippen LogP contribution in [0.5, 0.6) is 0 Å². The first kappa shape index (κ1) is 21.4. The van der Waals surface area contributed by atoms with Crippen molar-refractivity contribution in [2.75, 3.05) is 10.6 Å². The van der Waals surface area contributed by atoms with Crippen molar-refractivity contribution in [1.82, 2.24) is 15.0 Å². The van der Waals surface area contributed by atoms with E-state index in [0.717, 1.165) is 43.4 Å². The van der Waals surface area contributed by atoms with Crippen LogP contribution in [-0.4, -0.2) is 21.0 Å². The predicted molar refractivity (Wildman–Crippen MR) is 115 cm³/mol. The summed E-state index contributed by atoms with van der Waals surface area (Å²) >= 11 is 6.11. The van der Waals surface area contributed by atoms with Crippen LogP contribution in [0, 0.1) is 0 Å². The van der Waals surface area contributed by atoms with E-state index in [1.165, 1.54) is 12.5 Å².